The Morgan fingerprint density at radius 3 is 2.32 bits per heavy atom. The number of halogens is 1. The Balaban J connectivity index is 1.67. The molecule has 0 bridgehead atoms. The van der Waals surface area contributed by atoms with E-state index in [0.29, 0.717) is 37.3 Å². The van der Waals surface area contributed by atoms with Crippen LogP contribution in [0.15, 0.2) is 48.5 Å². The van der Waals surface area contributed by atoms with Crippen LogP contribution in [0, 0.1) is 5.82 Å². The molecule has 6 heteroatoms. The largest absolute Gasteiger partial charge is 0.494 e. The molecule has 0 spiro atoms. The van der Waals surface area contributed by atoms with E-state index in [4.69, 9.17) is 9.84 Å². The molecule has 0 aliphatic heterocycles. The maximum atomic E-state index is 12.8. The molecule has 2 N–H and O–H groups in total. The number of carboxylic acids is 1. The molecule has 0 fully saturated rings. The van der Waals surface area contributed by atoms with E-state index in [2.05, 4.69) is 5.32 Å². The number of aryl methyl sites for hydroxylation is 1. The number of hydrogen-bond donors (Lipinski definition) is 2. The van der Waals surface area contributed by atoms with E-state index < -0.39 is 5.97 Å². The second kappa shape index (κ2) is 9.42. The number of nitrogens with one attached hydrogen (secondary N) is 1. The van der Waals surface area contributed by atoms with Crippen LogP contribution in [0.3, 0.4) is 0 Å². The minimum atomic E-state index is -0.833. The highest BCUT2D eigenvalue weighted by molar-refractivity contribution is 5.90. The fourth-order valence-corrected chi connectivity index (χ4v) is 2.18. The van der Waals surface area contributed by atoms with Crippen molar-refractivity contribution in [1.29, 1.82) is 0 Å². The maximum Gasteiger partial charge on any atom is 0.303 e. The first kappa shape index (κ1) is 18.4. The lowest BCUT2D eigenvalue weighted by Crippen LogP contribution is -2.12. The van der Waals surface area contributed by atoms with Gasteiger partial charge in [-0.2, -0.15) is 0 Å². The highest BCUT2D eigenvalue weighted by Gasteiger charge is 2.04. The van der Waals surface area contributed by atoms with Crippen LogP contribution in [-0.2, 0) is 16.0 Å². The number of carbonyl (C=O) groups excluding carboxylic acids is 1. The summed E-state index contributed by atoms with van der Waals surface area (Å²) in [5.41, 5.74) is 1.58. The maximum absolute atomic E-state index is 12.8. The molecule has 0 aliphatic carbocycles. The number of carbonyl (C=O) groups is 2. The summed E-state index contributed by atoms with van der Waals surface area (Å²) in [6, 6.07) is 12.8. The van der Waals surface area contributed by atoms with Gasteiger partial charge in [-0.25, -0.2) is 4.39 Å². The van der Waals surface area contributed by atoms with Gasteiger partial charge in [-0.3, -0.25) is 9.59 Å². The van der Waals surface area contributed by atoms with Gasteiger partial charge in [0.05, 0.1) is 6.61 Å². The molecule has 132 valence electrons. The van der Waals surface area contributed by atoms with Crippen molar-refractivity contribution in [2.75, 3.05) is 11.9 Å². The average molecular weight is 345 g/mol. The lowest BCUT2D eigenvalue weighted by molar-refractivity contribution is -0.137. The van der Waals surface area contributed by atoms with Crippen LogP contribution >= 0.6 is 0 Å². The summed E-state index contributed by atoms with van der Waals surface area (Å²) in [4.78, 5) is 22.4. The Labute approximate surface area is 145 Å². The molecule has 0 aliphatic rings. The molecular weight excluding hydrogens is 325 g/mol. The van der Waals surface area contributed by atoms with E-state index in [1.54, 1.807) is 36.4 Å². The van der Waals surface area contributed by atoms with E-state index in [0.717, 1.165) is 5.56 Å². The third-order valence-electron chi connectivity index (χ3n) is 3.50. The molecule has 1 amide bonds. The molecule has 0 saturated carbocycles. The fraction of sp³-hybridized carbons (Fsp3) is 0.263. The van der Waals surface area contributed by atoms with E-state index in [-0.39, 0.29) is 18.1 Å². The number of benzene rings is 2. The van der Waals surface area contributed by atoms with Gasteiger partial charge in [0.1, 0.15) is 11.6 Å². The molecule has 0 heterocycles. The lowest BCUT2D eigenvalue weighted by atomic mass is 10.1. The van der Waals surface area contributed by atoms with Crippen LogP contribution in [0.1, 0.15) is 24.8 Å². The van der Waals surface area contributed by atoms with Gasteiger partial charge < -0.3 is 15.2 Å². The van der Waals surface area contributed by atoms with Crippen LogP contribution in [-0.4, -0.2) is 23.6 Å². The van der Waals surface area contributed by atoms with Crippen LogP contribution in [0.4, 0.5) is 10.1 Å². The molecule has 2 aromatic carbocycles. The van der Waals surface area contributed by atoms with E-state index in [9.17, 15) is 14.0 Å². The Morgan fingerprint density at radius 1 is 1.00 bits per heavy atom. The van der Waals surface area contributed by atoms with Gasteiger partial charge in [0, 0.05) is 18.5 Å². The molecule has 5 nitrogen and oxygen atoms in total. The van der Waals surface area contributed by atoms with Crippen molar-refractivity contribution in [2.24, 2.45) is 0 Å². The zero-order valence-electron chi connectivity index (χ0n) is 13.7. The Hall–Kier alpha value is -2.89. The topological polar surface area (TPSA) is 75.6 Å². The predicted molar refractivity (Wildman–Crippen MR) is 92.2 cm³/mol. The first-order valence-electron chi connectivity index (χ1n) is 8.02. The number of carboxylic acid groups (broad SMARTS) is 1. The Bertz CT molecular complexity index is 698. The summed E-state index contributed by atoms with van der Waals surface area (Å²) in [6.07, 6.45) is 1.39. The molecule has 2 aromatic rings. The molecule has 25 heavy (non-hydrogen) atoms. The van der Waals surface area contributed by atoms with Gasteiger partial charge in [-0.15, -0.1) is 0 Å². The molecule has 0 saturated heterocycles. The number of amides is 1. The SMILES string of the molecule is O=C(O)CCc1ccc(NC(=O)CCCOc2ccc(F)cc2)cc1. The second-order valence-electron chi connectivity index (χ2n) is 5.54. The van der Waals surface area contributed by atoms with Crippen molar-refractivity contribution in [3.63, 3.8) is 0 Å². The van der Waals surface area contributed by atoms with Gasteiger partial charge in [0.15, 0.2) is 0 Å². The zero-order valence-corrected chi connectivity index (χ0v) is 13.7. The number of rotatable bonds is 9. The summed E-state index contributed by atoms with van der Waals surface area (Å²) >= 11 is 0. The van der Waals surface area contributed by atoms with Crippen LogP contribution < -0.4 is 10.1 Å². The minimum Gasteiger partial charge on any atom is -0.494 e. The van der Waals surface area contributed by atoms with Gasteiger partial charge in [0.2, 0.25) is 5.91 Å². The number of ether oxygens (including phenoxy) is 1. The van der Waals surface area contributed by atoms with Crippen LogP contribution in [0.2, 0.25) is 0 Å². The third kappa shape index (κ3) is 7.03. The van der Waals surface area contributed by atoms with Crippen molar-refractivity contribution < 1.29 is 23.8 Å². The second-order valence-corrected chi connectivity index (χ2v) is 5.54. The van der Waals surface area contributed by atoms with Crippen molar-refractivity contribution >= 4 is 17.6 Å². The molecule has 0 radical (unpaired) electrons. The standard InChI is InChI=1S/C19H20FNO4/c20-15-6-10-17(11-7-15)25-13-1-2-18(22)21-16-8-3-14(4-9-16)5-12-19(23)24/h3-4,6-11H,1-2,5,12-13H2,(H,21,22)(H,23,24). The fourth-order valence-electron chi connectivity index (χ4n) is 2.18. The molecular formula is C19H20FNO4. The zero-order chi connectivity index (χ0) is 18.1. The van der Waals surface area contributed by atoms with E-state index in [1.165, 1.54) is 12.1 Å². The normalized spacial score (nSPS) is 10.3. The quantitative estimate of drug-likeness (QED) is 0.680. The monoisotopic (exact) mass is 345 g/mol. The minimum absolute atomic E-state index is 0.0831. The van der Waals surface area contributed by atoms with Crippen molar-refractivity contribution in [3.8, 4) is 5.75 Å². The third-order valence-corrected chi connectivity index (χ3v) is 3.50. The summed E-state index contributed by atoms with van der Waals surface area (Å²) in [7, 11) is 0. The van der Waals surface area contributed by atoms with Crippen molar-refractivity contribution in [2.45, 2.75) is 25.7 Å². The Morgan fingerprint density at radius 2 is 1.68 bits per heavy atom. The molecule has 2 rings (SSSR count). The van der Waals surface area contributed by atoms with E-state index >= 15 is 0 Å². The smallest absolute Gasteiger partial charge is 0.303 e. The van der Waals surface area contributed by atoms with Gasteiger partial charge >= 0.3 is 5.97 Å². The van der Waals surface area contributed by atoms with Gasteiger partial charge in [-0.05, 0) is 54.8 Å². The molecule has 0 atom stereocenters. The van der Waals surface area contributed by atoms with Crippen LogP contribution in [0.5, 0.6) is 5.75 Å². The molecule has 0 unspecified atom stereocenters. The van der Waals surface area contributed by atoms with E-state index in [1.807, 2.05) is 0 Å². The summed E-state index contributed by atoms with van der Waals surface area (Å²) in [6.45, 7) is 0.368. The summed E-state index contributed by atoms with van der Waals surface area (Å²) < 4.78 is 18.2. The van der Waals surface area contributed by atoms with Crippen LogP contribution in [0.25, 0.3) is 0 Å². The highest BCUT2D eigenvalue weighted by atomic mass is 19.1. The highest BCUT2D eigenvalue weighted by Crippen LogP contribution is 2.13. The summed E-state index contributed by atoms with van der Waals surface area (Å²) in [5, 5.41) is 11.4. The number of anilines is 1. The number of aliphatic carboxylic acids is 1. The van der Waals surface area contributed by atoms with Crippen molar-refractivity contribution in [1.82, 2.24) is 0 Å². The average Bonchev–Trinajstić information content (AvgIpc) is 2.59. The first-order valence-corrected chi connectivity index (χ1v) is 8.02. The van der Waals surface area contributed by atoms with Gasteiger partial charge in [0.25, 0.3) is 0 Å². The predicted octanol–water partition coefficient (Wildman–Crippen LogP) is 3.64. The van der Waals surface area contributed by atoms with Crippen molar-refractivity contribution in [3.05, 3.63) is 59.9 Å². The first-order chi connectivity index (χ1) is 12.0. The molecule has 0 aromatic heterocycles. The lowest BCUT2D eigenvalue weighted by Gasteiger charge is -2.08. The van der Waals surface area contributed by atoms with Gasteiger partial charge in [-0.1, -0.05) is 12.1 Å². The summed E-state index contributed by atoms with van der Waals surface area (Å²) in [5.74, 6) is -0.708. The number of hydrogen-bond acceptors (Lipinski definition) is 3. The Kier molecular flexibility index (Phi) is 6.95.